The van der Waals surface area contributed by atoms with Crippen molar-refractivity contribution in [1.82, 2.24) is 9.88 Å². The molecule has 2 heterocycles. The number of hydrogen-bond acceptors (Lipinski definition) is 5. The molecule has 5 nitrogen and oxygen atoms in total. The molecule has 2 aromatic rings. The average Bonchev–Trinajstić information content (AvgIpc) is 2.73. The van der Waals surface area contributed by atoms with E-state index in [2.05, 4.69) is 35.9 Å². The van der Waals surface area contributed by atoms with Crippen molar-refractivity contribution >= 4 is 0 Å². The van der Waals surface area contributed by atoms with Gasteiger partial charge in [-0.25, -0.2) is 4.98 Å². The first-order chi connectivity index (χ1) is 11.6. The van der Waals surface area contributed by atoms with Gasteiger partial charge in [0.2, 0.25) is 5.88 Å². The Morgan fingerprint density at radius 1 is 1.25 bits per heavy atom. The summed E-state index contributed by atoms with van der Waals surface area (Å²) in [4.78, 5) is 6.65. The summed E-state index contributed by atoms with van der Waals surface area (Å²) in [7, 11) is 1.67. The van der Waals surface area contributed by atoms with E-state index in [9.17, 15) is 5.11 Å². The maximum Gasteiger partial charge on any atom is 0.211 e. The molecule has 0 radical (unpaired) electrons. The Labute approximate surface area is 142 Å². The molecule has 0 aliphatic carbocycles. The molecular formula is C19H24N2O3. The minimum Gasteiger partial charge on any atom is -0.497 e. The Morgan fingerprint density at radius 3 is 2.67 bits per heavy atom. The molecule has 1 N–H and O–H groups in total. The number of pyridine rings is 1. The van der Waals surface area contributed by atoms with Crippen molar-refractivity contribution in [3.05, 3.63) is 47.7 Å². The van der Waals surface area contributed by atoms with Gasteiger partial charge in [0.05, 0.1) is 13.2 Å². The van der Waals surface area contributed by atoms with Crippen LogP contribution in [0.3, 0.4) is 0 Å². The van der Waals surface area contributed by atoms with E-state index in [-0.39, 0.29) is 18.0 Å². The van der Waals surface area contributed by atoms with E-state index in [1.807, 2.05) is 18.2 Å². The molecule has 1 unspecified atom stereocenters. The van der Waals surface area contributed by atoms with Crippen LogP contribution in [0.5, 0.6) is 17.4 Å². The number of benzene rings is 1. The lowest BCUT2D eigenvalue weighted by molar-refractivity contribution is 0.121. The fourth-order valence-electron chi connectivity index (χ4n) is 3.04. The number of rotatable bonds is 4. The third kappa shape index (κ3) is 3.46. The summed E-state index contributed by atoms with van der Waals surface area (Å²) in [6.07, 6.45) is 1.03. The summed E-state index contributed by atoms with van der Waals surface area (Å²) in [6.45, 7) is 5.85. The van der Waals surface area contributed by atoms with Gasteiger partial charge in [0, 0.05) is 19.2 Å². The maximum absolute atomic E-state index is 9.76. The molecule has 0 amide bonds. The average molecular weight is 328 g/mol. The predicted molar refractivity (Wildman–Crippen MR) is 92.4 cm³/mol. The maximum atomic E-state index is 9.76. The van der Waals surface area contributed by atoms with E-state index < -0.39 is 0 Å². The first-order valence-corrected chi connectivity index (χ1v) is 8.34. The quantitative estimate of drug-likeness (QED) is 0.930. The fraction of sp³-hybridized carbons (Fsp3) is 0.421. The van der Waals surface area contributed by atoms with Crippen LogP contribution in [0.4, 0.5) is 0 Å². The van der Waals surface area contributed by atoms with Gasteiger partial charge in [0.1, 0.15) is 23.3 Å². The zero-order chi connectivity index (χ0) is 17.1. The highest BCUT2D eigenvalue weighted by Gasteiger charge is 2.29. The monoisotopic (exact) mass is 328 g/mol. The summed E-state index contributed by atoms with van der Waals surface area (Å²) >= 11 is 0. The van der Waals surface area contributed by atoms with Gasteiger partial charge < -0.3 is 14.6 Å². The minimum absolute atomic E-state index is 0.0311. The molecule has 1 aliphatic rings. The lowest BCUT2D eigenvalue weighted by Gasteiger charge is -2.28. The lowest BCUT2D eigenvalue weighted by atomic mass is 10.1. The number of fused-ring (bicyclic) bond motifs is 1. The van der Waals surface area contributed by atoms with Crippen LogP contribution >= 0.6 is 0 Å². The van der Waals surface area contributed by atoms with Crippen LogP contribution in [0.25, 0.3) is 0 Å². The number of ether oxygens (including phenoxy) is 2. The Bertz CT molecular complexity index is 688. The molecule has 0 bridgehead atoms. The van der Waals surface area contributed by atoms with Crippen molar-refractivity contribution in [3.63, 3.8) is 0 Å². The summed E-state index contributed by atoms with van der Waals surface area (Å²) in [5.74, 6) is 1.65. The standard InChI is InChI=1S/C19H24N2O3/c1-4-15-12-21(11-14-5-7-16(23-3)8-6-14)13(2)19-17(24-15)9-10-18(22)20-19/h5-10,13,15H,4,11-12H2,1-3H3,(H,20,22)/t13?,15-/m1/s1. The van der Waals surface area contributed by atoms with Crippen LogP contribution < -0.4 is 9.47 Å². The van der Waals surface area contributed by atoms with Crippen molar-refractivity contribution in [3.8, 4) is 17.4 Å². The molecule has 24 heavy (non-hydrogen) atoms. The molecular weight excluding hydrogens is 304 g/mol. The van der Waals surface area contributed by atoms with Gasteiger partial charge in [-0.05, 0) is 37.1 Å². The van der Waals surface area contributed by atoms with E-state index in [1.165, 1.54) is 5.56 Å². The Kier molecular flexibility index (Phi) is 4.90. The summed E-state index contributed by atoms with van der Waals surface area (Å²) in [5.41, 5.74) is 2.00. The fourth-order valence-corrected chi connectivity index (χ4v) is 3.04. The van der Waals surface area contributed by atoms with Gasteiger partial charge in [0.25, 0.3) is 0 Å². The van der Waals surface area contributed by atoms with Gasteiger partial charge in [-0.2, -0.15) is 0 Å². The van der Waals surface area contributed by atoms with Crippen molar-refractivity contribution in [2.45, 2.75) is 39.0 Å². The van der Waals surface area contributed by atoms with E-state index in [0.29, 0.717) is 0 Å². The Morgan fingerprint density at radius 2 is 2.00 bits per heavy atom. The van der Waals surface area contributed by atoms with Crippen LogP contribution in [0.15, 0.2) is 36.4 Å². The topological polar surface area (TPSA) is 54.8 Å². The largest absolute Gasteiger partial charge is 0.497 e. The first-order valence-electron chi connectivity index (χ1n) is 8.34. The smallest absolute Gasteiger partial charge is 0.211 e. The first kappa shape index (κ1) is 16.6. The van der Waals surface area contributed by atoms with Crippen molar-refractivity contribution in [2.24, 2.45) is 0 Å². The molecule has 0 saturated carbocycles. The molecule has 1 aromatic heterocycles. The normalized spacial score (nSPS) is 20.8. The molecule has 0 fully saturated rings. The predicted octanol–water partition coefficient (Wildman–Crippen LogP) is 3.53. The molecule has 3 rings (SSSR count). The van der Waals surface area contributed by atoms with E-state index >= 15 is 0 Å². The Hall–Kier alpha value is -2.27. The molecule has 0 spiro atoms. The third-order valence-electron chi connectivity index (χ3n) is 4.55. The van der Waals surface area contributed by atoms with Crippen molar-refractivity contribution in [1.29, 1.82) is 0 Å². The van der Waals surface area contributed by atoms with Crippen molar-refractivity contribution in [2.75, 3.05) is 13.7 Å². The van der Waals surface area contributed by atoms with Crippen LogP contribution in [-0.2, 0) is 6.54 Å². The third-order valence-corrected chi connectivity index (χ3v) is 4.55. The summed E-state index contributed by atoms with van der Waals surface area (Å²) in [5, 5.41) is 9.76. The van der Waals surface area contributed by atoms with Gasteiger partial charge in [0.15, 0.2) is 0 Å². The Balaban J connectivity index is 1.87. The molecule has 5 heteroatoms. The second-order valence-corrected chi connectivity index (χ2v) is 6.15. The molecule has 128 valence electrons. The van der Waals surface area contributed by atoms with Gasteiger partial charge in [-0.15, -0.1) is 0 Å². The summed E-state index contributed by atoms with van der Waals surface area (Å²) in [6, 6.07) is 11.6. The lowest BCUT2D eigenvalue weighted by Crippen LogP contribution is -2.34. The summed E-state index contributed by atoms with van der Waals surface area (Å²) < 4.78 is 11.3. The molecule has 1 aromatic carbocycles. The van der Waals surface area contributed by atoms with Crippen LogP contribution in [0.1, 0.15) is 37.6 Å². The zero-order valence-electron chi connectivity index (χ0n) is 14.4. The van der Waals surface area contributed by atoms with Crippen LogP contribution in [0.2, 0.25) is 0 Å². The number of aromatic nitrogens is 1. The number of hydrogen-bond donors (Lipinski definition) is 1. The molecule has 2 atom stereocenters. The number of aromatic hydroxyl groups is 1. The highest BCUT2D eigenvalue weighted by molar-refractivity contribution is 5.35. The number of nitrogens with zero attached hydrogens (tertiary/aromatic N) is 2. The zero-order valence-corrected chi connectivity index (χ0v) is 14.4. The second-order valence-electron chi connectivity index (χ2n) is 6.15. The highest BCUT2D eigenvalue weighted by Crippen LogP contribution is 2.34. The van der Waals surface area contributed by atoms with E-state index in [0.717, 1.165) is 36.7 Å². The highest BCUT2D eigenvalue weighted by atomic mass is 16.5. The van der Waals surface area contributed by atoms with Gasteiger partial charge in [-0.3, -0.25) is 4.90 Å². The molecule has 0 saturated heterocycles. The number of methoxy groups -OCH3 is 1. The van der Waals surface area contributed by atoms with E-state index in [4.69, 9.17) is 9.47 Å². The SMILES string of the molecule is CC[C@@H]1CN(Cc2ccc(OC)cc2)C(C)c2nc(O)ccc2O1. The molecule has 1 aliphatic heterocycles. The van der Waals surface area contributed by atoms with Crippen LogP contribution in [-0.4, -0.2) is 34.7 Å². The van der Waals surface area contributed by atoms with Gasteiger partial charge in [-0.1, -0.05) is 19.1 Å². The van der Waals surface area contributed by atoms with Crippen LogP contribution in [0, 0.1) is 0 Å². The van der Waals surface area contributed by atoms with Gasteiger partial charge >= 0.3 is 0 Å². The second kappa shape index (κ2) is 7.09. The minimum atomic E-state index is 0.0311. The van der Waals surface area contributed by atoms with E-state index in [1.54, 1.807) is 13.2 Å². The van der Waals surface area contributed by atoms with Crippen molar-refractivity contribution < 1.29 is 14.6 Å².